The summed E-state index contributed by atoms with van der Waals surface area (Å²) in [5, 5.41) is 2.13. The van der Waals surface area contributed by atoms with Crippen LogP contribution in [-0.4, -0.2) is 30.7 Å². The minimum atomic E-state index is -0.620. The Hall–Kier alpha value is -2.24. The molecular weight excluding hydrogens is 239 g/mol. The predicted molar refractivity (Wildman–Crippen MR) is 61.8 cm³/mol. The Bertz CT molecular complexity index is 526. The molecule has 18 heavy (non-hydrogen) atoms. The van der Waals surface area contributed by atoms with Gasteiger partial charge in [-0.2, -0.15) is 0 Å². The molecule has 1 saturated heterocycles. The largest absolute Gasteiger partial charge is 0.351 e. The van der Waals surface area contributed by atoms with Crippen molar-refractivity contribution in [2.45, 2.75) is 6.92 Å². The topological polar surface area (TPSA) is 66.5 Å². The number of amides is 2. The Morgan fingerprint density at radius 2 is 1.89 bits per heavy atom. The molecular formula is C12H11FN2O3. The summed E-state index contributed by atoms with van der Waals surface area (Å²) >= 11 is 0. The van der Waals surface area contributed by atoms with Gasteiger partial charge in [0.2, 0.25) is 11.8 Å². The Morgan fingerprint density at radius 3 is 2.39 bits per heavy atom. The molecule has 2 amide bonds. The summed E-state index contributed by atoms with van der Waals surface area (Å²) < 4.78 is 13.8. The minimum Gasteiger partial charge on any atom is -0.351 e. The van der Waals surface area contributed by atoms with Gasteiger partial charge in [0.05, 0.1) is 18.8 Å². The average molecular weight is 250 g/mol. The van der Waals surface area contributed by atoms with Crippen LogP contribution < -0.4 is 10.2 Å². The van der Waals surface area contributed by atoms with Crippen LogP contribution in [0, 0.1) is 5.82 Å². The number of hydrogen-bond acceptors (Lipinski definition) is 4. The summed E-state index contributed by atoms with van der Waals surface area (Å²) in [7, 11) is 0. The molecule has 1 aliphatic rings. The van der Waals surface area contributed by atoms with E-state index in [1.54, 1.807) is 0 Å². The van der Waals surface area contributed by atoms with Gasteiger partial charge < -0.3 is 4.90 Å². The molecule has 0 aliphatic carbocycles. The zero-order valence-corrected chi connectivity index (χ0v) is 9.70. The fourth-order valence-corrected chi connectivity index (χ4v) is 1.79. The van der Waals surface area contributed by atoms with Crippen LogP contribution in [0.5, 0.6) is 0 Å². The lowest BCUT2D eigenvalue weighted by Gasteiger charge is -2.27. The molecule has 94 valence electrons. The molecule has 1 aliphatic heterocycles. The number of ketones is 1. The third-order valence-corrected chi connectivity index (χ3v) is 2.64. The van der Waals surface area contributed by atoms with Gasteiger partial charge in [-0.3, -0.25) is 19.7 Å². The molecule has 0 radical (unpaired) electrons. The molecule has 1 aromatic rings. The van der Waals surface area contributed by atoms with Gasteiger partial charge in [0.1, 0.15) is 5.82 Å². The van der Waals surface area contributed by atoms with E-state index < -0.39 is 17.6 Å². The first-order valence-electron chi connectivity index (χ1n) is 5.35. The zero-order valence-electron chi connectivity index (χ0n) is 9.70. The van der Waals surface area contributed by atoms with Crippen molar-refractivity contribution in [3.63, 3.8) is 0 Å². The van der Waals surface area contributed by atoms with E-state index in [0.29, 0.717) is 0 Å². The molecule has 0 unspecified atom stereocenters. The number of rotatable bonds is 2. The smallest absolute Gasteiger partial charge is 0.246 e. The Kier molecular flexibility index (Phi) is 3.10. The van der Waals surface area contributed by atoms with Crippen molar-refractivity contribution in [1.29, 1.82) is 0 Å². The lowest BCUT2D eigenvalue weighted by molar-refractivity contribution is -0.130. The lowest BCUT2D eigenvalue weighted by atomic mass is 10.1. The van der Waals surface area contributed by atoms with Crippen molar-refractivity contribution >= 4 is 23.3 Å². The van der Waals surface area contributed by atoms with E-state index in [9.17, 15) is 18.8 Å². The highest BCUT2D eigenvalue weighted by molar-refractivity contribution is 6.02. The maximum absolute atomic E-state index is 13.8. The van der Waals surface area contributed by atoms with Crippen molar-refractivity contribution in [3.8, 4) is 0 Å². The van der Waals surface area contributed by atoms with Gasteiger partial charge in [-0.15, -0.1) is 0 Å². The number of imide groups is 1. The van der Waals surface area contributed by atoms with Crippen LogP contribution in [0.2, 0.25) is 0 Å². The van der Waals surface area contributed by atoms with Gasteiger partial charge in [0.15, 0.2) is 5.78 Å². The van der Waals surface area contributed by atoms with E-state index >= 15 is 0 Å². The average Bonchev–Trinajstić information content (AvgIpc) is 2.27. The zero-order chi connectivity index (χ0) is 13.3. The number of halogens is 1. The van der Waals surface area contributed by atoms with E-state index in [-0.39, 0.29) is 30.1 Å². The van der Waals surface area contributed by atoms with Crippen LogP contribution >= 0.6 is 0 Å². The Morgan fingerprint density at radius 1 is 1.28 bits per heavy atom. The van der Waals surface area contributed by atoms with Crippen LogP contribution in [0.15, 0.2) is 18.2 Å². The monoisotopic (exact) mass is 250 g/mol. The van der Waals surface area contributed by atoms with Gasteiger partial charge in [0.25, 0.3) is 0 Å². The number of Topliss-reactive ketones (excluding diaryl/α,β-unsaturated/α-hetero) is 1. The highest BCUT2D eigenvalue weighted by Crippen LogP contribution is 2.21. The third kappa shape index (κ3) is 2.37. The first-order chi connectivity index (χ1) is 8.47. The molecule has 1 heterocycles. The molecule has 0 saturated carbocycles. The third-order valence-electron chi connectivity index (χ3n) is 2.64. The van der Waals surface area contributed by atoms with Crippen molar-refractivity contribution in [1.82, 2.24) is 5.32 Å². The standard InChI is InChI=1S/C12H11FN2O3/c1-7(16)8-2-3-10(9(13)4-8)15-5-11(17)14-12(18)6-15/h2-4H,5-6H2,1H3,(H,14,17,18). The van der Waals surface area contributed by atoms with Gasteiger partial charge in [-0.25, -0.2) is 4.39 Å². The van der Waals surface area contributed by atoms with Crippen molar-refractivity contribution in [3.05, 3.63) is 29.6 Å². The maximum atomic E-state index is 13.8. The molecule has 6 heteroatoms. The van der Waals surface area contributed by atoms with Crippen molar-refractivity contribution in [2.24, 2.45) is 0 Å². The number of nitrogens with one attached hydrogen (secondary N) is 1. The first kappa shape index (κ1) is 12.2. The predicted octanol–water partition coefficient (Wildman–Crippen LogP) is 0.491. The number of benzene rings is 1. The van der Waals surface area contributed by atoms with Gasteiger partial charge >= 0.3 is 0 Å². The molecule has 0 atom stereocenters. The van der Waals surface area contributed by atoms with Crippen molar-refractivity contribution < 1.29 is 18.8 Å². The molecule has 1 fully saturated rings. The quantitative estimate of drug-likeness (QED) is 0.613. The summed E-state index contributed by atoms with van der Waals surface area (Å²) in [6.07, 6.45) is 0. The Balaban J connectivity index is 2.31. The summed E-state index contributed by atoms with van der Waals surface area (Å²) in [5.41, 5.74) is 0.396. The normalized spacial score (nSPS) is 15.6. The van der Waals surface area contributed by atoms with E-state index in [1.165, 1.54) is 24.0 Å². The number of anilines is 1. The number of nitrogens with zero attached hydrogens (tertiary/aromatic N) is 1. The van der Waals surface area contributed by atoms with E-state index in [4.69, 9.17) is 0 Å². The molecule has 0 spiro atoms. The SMILES string of the molecule is CC(=O)c1ccc(N2CC(=O)NC(=O)C2)c(F)c1. The number of hydrogen-bond donors (Lipinski definition) is 1. The van der Waals surface area contributed by atoms with Crippen molar-refractivity contribution in [2.75, 3.05) is 18.0 Å². The van der Waals surface area contributed by atoms with Crippen LogP contribution in [0.1, 0.15) is 17.3 Å². The van der Waals surface area contributed by atoms with E-state index in [2.05, 4.69) is 5.32 Å². The highest BCUT2D eigenvalue weighted by Gasteiger charge is 2.24. The second kappa shape index (κ2) is 4.56. The molecule has 1 N–H and O–H groups in total. The van der Waals surface area contributed by atoms with Crippen LogP contribution in [0.25, 0.3) is 0 Å². The van der Waals surface area contributed by atoms with Gasteiger partial charge in [0, 0.05) is 5.56 Å². The summed E-state index contributed by atoms with van der Waals surface area (Å²) in [6, 6.07) is 3.98. The summed E-state index contributed by atoms with van der Waals surface area (Å²) in [5.74, 6) is -1.80. The molecule has 0 aromatic heterocycles. The fourth-order valence-electron chi connectivity index (χ4n) is 1.79. The maximum Gasteiger partial charge on any atom is 0.246 e. The number of carbonyl (C=O) groups is 3. The number of carbonyl (C=O) groups excluding carboxylic acids is 3. The second-order valence-corrected chi connectivity index (χ2v) is 4.05. The van der Waals surface area contributed by atoms with Crippen LogP contribution in [0.4, 0.5) is 10.1 Å². The highest BCUT2D eigenvalue weighted by atomic mass is 19.1. The lowest BCUT2D eigenvalue weighted by Crippen LogP contribution is -2.51. The Labute approximate surface area is 103 Å². The fraction of sp³-hybridized carbons (Fsp3) is 0.250. The summed E-state index contributed by atoms with van der Waals surface area (Å²) in [6.45, 7) is 1.18. The van der Waals surface area contributed by atoms with Gasteiger partial charge in [-0.05, 0) is 25.1 Å². The first-order valence-corrected chi connectivity index (χ1v) is 5.35. The van der Waals surface area contributed by atoms with E-state index in [1.807, 2.05) is 0 Å². The molecule has 1 aromatic carbocycles. The second-order valence-electron chi connectivity index (χ2n) is 4.05. The van der Waals surface area contributed by atoms with Gasteiger partial charge in [-0.1, -0.05) is 0 Å². The number of piperazine rings is 1. The minimum absolute atomic E-state index is 0.0813. The summed E-state index contributed by atoms with van der Waals surface area (Å²) in [4.78, 5) is 34.8. The van der Waals surface area contributed by atoms with Crippen LogP contribution in [0.3, 0.4) is 0 Å². The van der Waals surface area contributed by atoms with Crippen LogP contribution in [-0.2, 0) is 9.59 Å². The molecule has 5 nitrogen and oxygen atoms in total. The molecule has 0 bridgehead atoms. The molecule has 2 rings (SSSR count). The van der Waals surface area contributed by atoms with E-state index in [0.717, 1.165) is 6.07 Å².